The molecule has 0 aliphatic rings. The van der Waals surface area contributed by atoms with E-state index in [1.165, 1.54) is 0 Å². The van der Waals surface area contributed by atoms with Crippen molar-refractivity contribution in [3.63, 3.8) is 0 Å². The van der Waals surface area contributed by atoms with Gasteiger partial charge in [-0.05, 0) is 12.5 Å². The molecule has 0 aliphatic heterocycles. The number of aromatic nitrogens is 3. The fraction of sp³-hybridized carbons (Fsp3) is 0.250. The Labute approximate surface area is 75.1 Å². The Kier molecular flexibility index (Phi) is 1.58. The third-order valence-electron chi connectivity index (χ3n) is 1.78. The molecule has 2 rings (SSSR count). The molecule has 2 N–H and O–H groups in total. The number of anilines is 1. The van der Waals surface area contributed by atoms with Gasteiger partial charge >= 0.3 is 0 Å². The van der Waals surface area contributed by atoms with Gasteiger partial charge in [-0.25, -0.2) is 0 Å². The van der Waals surface area contributed by atoms with Crippen molar-refractivity contribution in [2.24, 2.45) is 7.05 Å². The van der Waals surface area contributed by atoms with Crippen LogP contribution < -0.4 is 5.73 Å². The highest BCUT2D eigenvalue weighted by Gasteiger charge is 2.10. The van der Waals surface area contributed by atoms with Crippen LogP contribution in [0.2, 0.25) is 0 Å². The molecular formula is C8H10N4O. The van der Waals surface area contributed by atoms with Crippen LogP contribution in [0.3, 0.4) is 0 Å². The van der Waals surface area contributed by atoms with Crippen molar-refractivity contribution >= 4 is 5.88 Å². The summed E-state index contributed by atoms with van der Waals surface area (Å²) in [5.41, 5.74) is 7.95. The number of hydrogen-bond acceptors (Lipinski definition) is 4. The standard InChI is InChI=1S/C8H10N4O/c1-5-4-12(2)10-8(5)6-3-7(9)13-11-6/h3-4H,9H2,1-2H3. The molecule has 0 saturated carbocycles. The molecule has 2 heterocycles. The average molecular weight is 178 g/mol. The van der Waals surface area contributed by atoms with Gasteiger partial charge in [0, 0.05) is 19.3 Å². The molecule has 0 unspecified atom stereocenters. The lowest BCUT2D eigenvalue weighted by molar-refractivity contribution is 0.439. The second-order valence-electron chi connectivity index (χ2n) is 2.95. The largest absolute Gasteiger partial charge is 0.368 e. The van der Waals surface area contributed by atoms with Crippen LogP contribution in [0, 0.1) is 6.92 Å². The first kappa shape index (κ1) is 7.85. The highest BCUT2D eigenvalue weighted by Crippen LogP contribution is 2.21. The smallest absolute Gasteiger partial charge is 0.222 e. The van der Waals surface area contributed by atoms with E-state index in [4.69, 9.17) is 10.3 Å². The van der Waals surface area contributed by atoms with E-state index in [1.54, 1.807) is 10.7 Å². The SMILES string of the molecule is Cc1cn(C)nc1-c1cc(N)on1. The van der Waals surface area contributed by atoms with E-state index in [2.05, 4.69) is 10.3 Å². The predicted octanol–water partition coefficient (Wildman–Crippen LogP) is 0.966. The number of nitrogens with zero attached hydrogens (tertiary/aromatic N) is 3. The first-order chi connectivity index (χ1) is 6.16. The van der Waals surface area contributed by atoms with E-state index in [1.807, 2.05) is 20.2 Å². The first-order valence-electron chi connectivity index (χ1n) is 3.89. The average Bonchev–Trinajstić information content (AvgIpc) is 2.58. The quantitative estimate of drug-likeness (QED) is 0.706. The maximum atomic E-state index is 5.41. The van der Waals surface area contributed by atoms with Gasteiger partial charge < -0.3 is 10.3 Å². The van der Waals surface area contributed by atoms with Crippen molar-refractivity contribution < 1.29 is 4.52 Å². The van der Waals surface area contributed by atoms with Gasteiger partial charge in [-0.2, -0.15) is 5.10 Å². The highest BCUT2D eigenvalue weighted by atomic mass is 16.5. The summed E-state index contributed by atoms with van der Waals surface area (Å²) >= 11 is 0. The third-order valence-corrected chi connectivity index (χ3v) is 1.78. The Bertz CT molecular complexity index is 429. The summed E-state index contributed by atoms with van der Waals surface area (Å²) in [5, 5.41) is 8.02. The van der Waals surface area contributed by atoms with Gasteiger partial charge in [-0.1, -0.05) is 5.16 Å². The second-order valence-corrected chi connectivity index (χ2v) is 2.95. The lowest BCUT2D eigenvalue weighted by Crippen LogP contribution is -1.87. The van der Waals surface area contributed by atoms with E-state index in [0.29, 0.717) is 11.6 Å². The Morgan fingerprint density at radius 2 is 2.31 bits per heavy atom. The van der Waals surface area contributed by atoms with Crippen LogP contribution in [-0.2, 0) is 7.05 Å². The second kappa shape index (κ2) is 2.62. The van der Waals surface area contributed by atoms with Crippen LogP contribution in [0.4, 0.5) is 5.88 Å². The van der Waals surface area contributed by atoms with Crippen LogP contribution in [-0.4, -0.2) is 14.9 Å². The fourth-order valence-electron chi connectivity index (χ4n) is 1.26. The number of nitrogen functional groups attached to an aromatic ring is 1. The molecule has 13 heavy (non-hydrogen) atoms. The van der Waals surface area contributed by atoms with E-state index < -0.39 is 0 Å². The van der Waals surface area contributed by atoms with Crippen LogP contribution >= 0.6 is 0 Å². The van der Waals surface area contributed by atoms with Gasteiger partial charge in [0.2, 0.25) is 5.88 Å². The lowest BCUT2D eigenvalue weighted by atomic mass is 10.2. The van der Waals surface area contributed by atoms with E-state index in [-0.39, 0.29) is 0 Å². The Balaban J connectivity index is 2.51. The molecular weight excluding hydrogens is 168 g/mol. The van der Waals surface area contributed by atoms with Crippen molar-refractivity contribution in [2.45, 2.75) is 6.92 Å². The zero-order chi connectivity index (χ0) is 9.42. The first-order valence-corrected chi connectivity index (χ1v) is 3.89. The lowest BCUT2D eigenvalue weighted by Gasteiger charge is -1.87. The van der Waals surface area contributed by atoms with Gasteiger partial charge in [0.25, 0.3) is 0 Å². The summed E-state index contributed by atoms with van der Waals surface area (Å²) in [6.45, 7) is 1.97. The zero-order valence-electron chi connectivity index (χ0n) is 7.48. The number of hydrogen-bond donors (Lipinski definition) is 1. The van der Waals surface area contributed by atoms with Gasteiger partial charge in [0.15, 0.2) is 0 Å². The molecule has 68 valence electrons. The molecule has 5 nitrogen and oxygen atoms in total. The molecule has 0 fully saturated rings. The molecule has 0 spiro atoms. The molecule has 0 aliphatic carbocycles. The molecule has 0 bridgehead atoms. The van der Waals surface area contributed by atoms with Gasteiger partial charge in [0.1, 0.15) is 11.4 Å². The minimum Gasteiger partial charge on any atom is -0.368 e. The van der Waals surface area contributed by atoms with Crippen molar-refractivity contribution in [2.75, 3.05) is 5.73 Å². The Hall–Kier alpha value is -1.78. The summed E-state index contributed by atoms with van der Waals surface area (Å²) in [5.74, 6) is 0.306. The third kappa shape index (κ3) is 1.28. The van der Waals surface area contributed by atoms with Crippen LogP contribution in [0.25, 0.3) is 11.4 Å². The monoisotopic (exact) mass is 178 g/mol. The number of aryl methyl sites for hydroxylation is 2. The van der Waals surface area contributed by atoms with Crippen molar-refractivity contribution in [1.29, 1.82) is 0 Å². The summed E-state index contributed by atoms with van der Waals surface area (Å²) in [4.78, 5) is 0. The van der Waals surface area contributed by atoms with E-state index in [9.17, 15) is 0 Å². The minimum atomic E-state index is 0.306. The summed E-state index contributed by atoms with van der Waals surface area (Å²) in [6.07, 6.45) is 1.92. The maximum absolute atomic E-state index is 5.41. The van der Waals surface area contributed by atoms with E-state index in [0.717, 1.165) is 11.3 Å². The van der Waals surface area contributed by atoms with Crippen molar-refractivity contribution in [3.8, 4) is 11.4 Å². The van der Waals surface area contributed by atoms with Crippen LogP contribution in [0.15, 0.2) is 16.8 Å². The molecule has 0 amide bonds. The molecule has 2 aromatic rings. The van der Waals surface area contributed by atoms with Crippen LogP contribution in [0.1, 0.15) is 5.56 Å². The normalized spacial score (nSPS) is 10.6. The van der Waals surface area contributed by atoms with Gasteiger partial charge in [-0.3, -0.25) is 4.68 Å². The zero-order valence-corrected chi connectivity index (χ0v) is 7.48. The van der Waals surface area contributed by atoms with Crippen molar-refractivity contribution in [1.82, 2.24) is 14.9 Å². The molecule has 5 heteroatoms. The molecule has 2 aromatic heterocycles. The molecule has 0 aromatic carbocycles. The Morgan fingerprint density at radius 1 is 1.54 bits per heavy atom. The fourth-order valence-corrected chi connectivity index (χ4v) is 1.26. The number of rotatable bonds is 1. The summed E-state index contributed by atoms with van der Waals surface area (Å²) in [6, 6.07) is 1.66. The van der Waals surface area contributed by atoms with Crippen LogP contribution in [0.5, 0.6) is 0 Å². The molecule has 0 atom stereocenters. The van der Waals surface area contributed by atoms with Gasteiger partial charge in [0.05, 0.1) is 0 Å². The topological polar surface area (TPSA) is 69.9 Å². The van der Waals surface area contributed by atoms with Crippen molar-refractivity contribution in [3.05, 3.63) is 17.8 Å². The van der Waals surface area contributed by atoms with E-state index >= 15 is 0 Å². The van der Waals surface area contributed by atoms with Gasteiger partial charge in [-0.15, -0.1) is 0 Å². The molecule has 0 radical (unpaired) electrons. The maximum Gasteiger partial charge on any atom is 0.222 e. The molecule has 0 saturated heterocycles. The minimum absolute atomic E-state index is 0.306. The Morgan fingerprint density at radius 3 is 2.77 bits per heavy atom. The summed E-state index contributed by atoms with van der Waals surface area (Å²) in [7, 11) is 1.86. The predicted molar refractivity (Wildman–Crippen MR) is 47.9 cm³/mol. The summed E-state index contributed by atoms with van der Waals surface area (Å²) < 4.78 is 6.49. The number of nitrogens with two attached hydrogens (primary N) is 1. The highest BCUT2D eigenvalue weighted by molar-refractivity contribution is 5.59.